The monoisotopic (exact) mass is 241 g/mol. The van der Waals surface area contributed by atoms with E-state index in [2.05, 4.69) is 37.1 Å². The van der Waals surface area contributed by atoms with Crippen LogP contribution in [0.5, 0.6) is 0 Å². The number of benzene rings is 1. The van der Waals surface area contributed by atoms with Crippen LogP contribution >= 0.6 is 0 Å². The molecule has 0 aliphatic heterocycles. The van der Waals surface area contributed by atoms with Gasteiger partial charge in [0.15, 0.2) is 0 Å². The summed E-state index contributed by atoms with van der Waals surface area (Å²) in [5.41, 5.74) is 12.3. The molecule has 1 heterocycles. The van der Waals surface area contributed by atoms with Crippen molar-refractivity contribution < 1.29 is 0 Å². The molecule has 1 aromatic heterocycles. The molecule has 0 radical (unpaired) electrons. The number of nitrogens with two attached hydrogens (primary N) is 1. The number of nitrogen functional groups attached to an aromatic ring is 1. The van der Waals surface area contributed by atoms with E-state index in [1.165, 1.54) is 35.2 Å². The van der Waals surface area contributed by atoms with Crippen LogP contribution in [0.1, 0.15) is 35.2 Å². The van der Waals surface area contributed by atoms with Crippen LogP contribution in [-0.4, -0.2) is 9.78 Å². The molecule has 0 bridgehead atoms. The minimum absolute atomic E-state index is 0.711. The zero-order valence-corrected chi connectivity index (χ0v) is 11.0. The predicted molar refractivity (Wildman–Crippen MR) is 74.1 cm³/mol. The molecule has 0 amide bonds. The molecule has 1 aromatic carbocycles. The number of rotatable bonds is 1. The zero-order chi connectivity index (χ0) is 12.7. The third kappa shape index (κ3) is 1.70. The molecule has 0 saturated heterocycles. The molecule has 2 N–H and O–H groups in total. The Kier molecular flexibility index (Phi) is 2.62. The van der Waals surface area contributed by atoms with Gasteiger partial charge in [-0.25, -0.2) is 4.68 Å². The van der Waals surface area contributed by atoms with E-state index in [-0.39, 0.29) is 0 Å². The molecule has 0 spiro atoms. The number of hydrogen-bond acceptors (Lipinski definition) is 2. The first-order valence-corrected chi connectivity index (χ1v) is 6.60. The lowest BCUT2D eigenvalue weighted by Crippen LogP contribution is -2.08. The van der Waals surface area contributed by atoms with Crippen molar-refractivity contribution in [2.45, 2.75) is 39.5 Å². The fourth-order valence-corrected chi connectivity index (χ4v) is 2.70. The predicted octanol–water partition coefficient (Wildman–Crippen LogP) is 2.95. The molecular formula is C15H19N3. The van der Waals surface area contributed by atoms with Crippen molar-refractivity contribution in [3.8, 4) is 5.69 Å². The van der Waals surface area contributed by atoms with Gasteiger partial charge in [-0.05, 0) is 62.8 Å². The summed E-state index contributed by atoms with van der Waals surface area (Å²) < 4.78 is 2.04. The van der Waals surface area contributed by atoms with Gasteiger partial charge >= 0.3 is 0 Å². The van der Waals surface area contributed by atoms with Crippen LogP contribution in [0.3, 0.4) is 0 Å². The highest BCUT2D eigenvalue weighted by molar-refractivity contribution is 5.49. The summed E-state index contributed by atoms with van der Waals surface area (Å²) in [6.07, 6.45) is 4.64. The maximum Gasteiger partial charge on any atom is 0.149 e. The van der Waals surface area contributed by atoms with Gasteiger partial charge in [0.05, 0.1) is 5.69 Å². The molecule has 0 fully saturated rings. The van der Waals surface area contributed by atoms with Crippen molar-refractivity contribution in [2.75, 3.05) is 5.73 Å². The Balaban J connectivity index is 2.14. The highest BCUT2D eigenvalue weighted by atomic mass is 15.3. The molecule has 0 unspecified atom stereocenters. The van der Waals surface area contributed by atoms with Crippen LogP contribution in [0.2, 0.25) is 0 Å². The molecule has 3 rings (SSSR count). The van der Waals surface area contributed by atoms with Crippen LogP contribution in [-0.2, 0) is 12.8 Å². The van der Waals surface area contributed by atoms with Crippen molar-refractivity contribution in [1.29, 1.82) is 0 Å². The lowest BCUT2D eigenvalue weighted by atomic mass is 9.97. The SMILES string of the molecule is Cc1ccc(-n2nc(N)c3c2CCCC3)cc1C. The van der Waals surface area contributed by atoms with Crippen LogP contribution in [0.4, 0.5) is 5.82 Å². The second-order valence-corrected chi connectivity index (χ2v) is 5.20. The summed E-state index contributed by atoms with van der Waals surface area (Å²) in [7, 11) is 0. The summed E-state index contributed by atoms with van der Waals surface area (Å²) >= 11 is 0. The third-order valence-electron chi connectivity index (χ3n) is 3.95. The molecule has 18 heavy (non-hydrogen) atoms. The zero-order valence-electron chi connectivity index (χ0n) is 11.0. The van der Waals surface area contributed by atoms with Gasteiger partial charge < -0.3 is 5.73 Å². The maximum atomic E-state index is 6.04. The van der Waals surface area contributed by atoms with E-state index in [0.717, 1.165) is 18.5 Å². The number of nitrogens with zero attached hydrogens (tertiary/aromatic N) is 2. The highest BCUT2D eigenvalue weighted by Gasteiger charge is 2.19. The average molecular weight is 241 g/mol. The van der Waals surface area contributed by atoms with Crippen molar-refractivity contribution in [2.24, 2.45) is 0 Å². The van der Waals surface area contributed by atoms with Crippen LogP contribution in [0.25, 0.3) is 5.69 Å². The standard InChI is InChI=1S/C15H19N3/c1-10-7-8-12(9-11(10)2)18-14-6-4-3-5-13(14)15(16)17-18/h7-9H,3-6H2,1-2H3,(H2,16,17). The molecule has 1 aliphatic carbocycles. The van der Waals surface area contributed by atoms with Gasteiger partial charge in [0, 0.05) is 11.3 Å². The molecule has 0 saturated carbocycles. The van der Waals surface area contributed by atoms with E-state index in [0.29, 0.717) is 5.82 Å². The molecule has 3 heteroatoms. The smallest absolute Gasteiger partial charge is 0.149 e. The quantitative estimate of drug-likeness (QED) is 0.834. The maximum absolute atomic E-state index is 6.04. The number of aromatic nitrogens is 2. The van der Waals surface area contributed by atoms with Gasteiger partial charge in [-0.3, -0.25) is 0 Å². The van der Waals surface area contributed by atoms with Crippen molar-refractivity contribution in [1.82, 2.24) is 9.78 Å². The summed E-state index contributed by atoms with van der Waals surface area (Å²) in [5, 5.41) is 4.53. The van der Waals surface area contributed by atoms with Gasteiger partial charge in [-0.1, -0.05) is 6.07 Å². The molecule has 94 valence electrons. The van der Waals surface area contributed by atoms with Gasteiger partial charge in [0.2, 0.25) is 0 Å². The van der Waals surface area contributed by atoms with E-state index in [1.54, 1.807) is 0 Å². The summed E-state index contributed by atoms with van der Waals surface area (Å²) in [6, 6.07) is 6.47. The lowest BCUT2D eigenvalue weighted by molar-refractivity contribution is 0.653. The Hall–Kier alpha value is -1.77. The normalized spacial score (nSPS) is 14.6. The van der Waals surface area contributed by atoms with Crippen molar-refractivity contribution in [3.05, 3.63) is 40.6 Å². The molecule has 1 aliphatic rings. The van der Waals surface area contributed by atoms with E-state index in [4.69, 9.17) is 5.73 Å². The van der Waals surface area contributed by atoms with E-state index < -0.39 is 0 Å². The first-order valence-electron chi connectivity index (χ1n) is 6.60. The summed E-state index contributed by atoms with van der Waals surface area (Å²) in [4.78, 5) is 0. The lowest BCUT2D eigenvalue weighted by Gasteiger charge is -2.14. The average Bonchev–Trinajstić information content (AvgIpc) is 2.71. The Morgan fingerprint density at radius 3 is 2.67 bits per heavy atom. The summed E-state index contributed by atoms with van der Waals surface area (Å²) in [6.45, 7) is 4.27. The summed E-state index contributed by atoms with van der Waals surface area (Å²) in [5.74, 6) is 0.711. The number of hydrogen-bond donors (Lipinski definition) is 1. The van der Waals surface area contributed by atoms with Gasteiger partial charge in [0.1, 0.15) is 5.82 Å². The van der Waals surface area contributed by atoms with Crippen LogP contribution < -0.4 is 5.73 Å². The van der Waals surface area contributed by atoms with Crippen LogP contribution in [0.15, 0.2) is 18.2 Å². The highest BCUT2D eigenvalue weighted by Crippen LogP contribution is 2.28. The van der Waals surface area contributed by atoms with E-state index >= 15 is 0 Å². The first-order chi connectivity index (χ1) is 8.66. The second-order valence-electron chi connectivity index (χ2n) is 5.20. The Morgan fingerprint density at radius 2 is 1.89 bits per heavy atom. The second kappa shape index (κ2) is 4.16. The van der Waals surface area contributed by atoms with Gasteiger partial charge in [-0.2, -0.15) is 5.10 Å². The minimum atomic E-state index is 0.711. The van der Waals surface area contributed by atoms with Gasteiger partial charge in [0.25, 0.3) is 0 Å². The number of fused-ring (bicyclic) bond motifs is 1. The Morgan fingerprint density at radius 1 is 1.11 bits per heavy atom. The molecule has 0 atom stereocenters. The fraction of sp³-hybridized carbons (Fsp3) is 0.400. The first kappa shape index (κ1) is 11.3. The molecule has 3 nitrogen and oxygen atoms in total. The topological polar surface area (TPSA) is 43.8 Å². The van der Waals surface area contributed by atoms with E-state index in [1.807, 2.05) is 4.68 Å². The Bertz CT molecular complexity index is 596. The van der Waals surface area contributed by atoms with Crippen molar-refractivity contribution >= 4 is 5.82 Å². The largest absolute Gasteiger partial charge is 0.382 e. The van der Waals surface area contributed by atoms with Crippen LogP contribution in [0, 0.1) is 13.8 Å². The van der Waals surface area contributed by atoms with E-state index in [9.17, 15) is 0 Å². The van der Waals surface area contributed by atoms with Gasteiger partial charge in [-0.15, -0.1) is 0 Å². The number of anilines is 1. The Labute approximate surface area is 108 Å². The third-order valence-corrected chi connectivity index (χ3v) is 3.95. The molecule has 2 aromatic rings. The molecular weight excluding hydrogens is 222 g/mol. The van der Waals surface area contributed by atoms with Crippen molar-refractivity contribution in [3.63, 3.8) is 0 Å². The minimum Gasteiger partial charge on any atom is -0.382 e. The number of aryl methyl sites for hydroxylation is 2. The fourth-order valence-electron chi connectivity index (χ4n) is 2.70.